The monoisotopic (exact) mass is 256 g/mol. The molecule has 0 spiro atoms. The van der Waals surface area contributed by atoms with Crippen LogP contribution in [0.3, 0.4) is 0 Å². The highest BCUT2D eigenvalue weighted by Crippen LogP contribution is 2.43. The average Bonchev–Trinajstić information content (AvgIpc) is 2.29. The molecule has 0 aliphatic heterocycles. The SMILES string of the molecule is CC[C@H](C)[C@H](N)C(=O)NCC1(CC(=O)O)CCC1. The van der Waals surface area contributed by atoms with Crippen LogP contribution in [0.1, 0.15) is 46.0 Å². The summed E-state index contributed by atoms with van der Waals surface area (Å²) >= 11 is 0. The molecule has 1 rings (SSSR count). The van der Waals surface area contributed by atoms with E-state index in [0.717, 1.165) is 25.7 Å². The lowest BCUT2D eigenvalue weighted by atomic mass is 9.66. The Bertz CT molecular complexity index is 313. The number of carboxylic acid groups (broad SMARTS) is 1. The molecule has 0 aromatic heterocycles. The summed E-state index contributed by atoms with van der Waals surface area (Å²) in [5.41, 5.74) is 5.59. The van der Waals surface area contributed by atoms with Gasteiger partial charge in [-0.15, -0.1) is 0 Å². The number of hydrogen-bond acceptors (Lipinski definition) is 3. The summed E-state index contributed by atoms with van der Waals surface area (Å²) in [7, 11) is 0. The van der Waals surface area contributed by atoms with Crippen LogP contribution in [-0.2, 0) is 9.59 Å². The number of amides is 1. The molecular formula is C13H24N2O3. The zero-order chi connectivity index (χ0) is 13.8. The highest BCUT2D eigenvalue weighted by molar-refractivity contribution is 5.81. The van der Waals surface area contributed by atoms with Gasteiger partial charge in [-0.05, 0) is 24.2 Å². The van der Waals surface area contributed by atoms with E-state index in [-0.39, 0.29) is 23.7 Å². The second-order valence-corrected chi connectivity index (χ2v) is 5.55. The first-order valence-electron chi connectivity index (χ1n) is 6.65. The van der Waals surface area contributed by atoms with Gasteiger partial charge in [0.25, 0.3) is 0 Å². The van der Waals surface area contributed by atoms with E-state index in [1.54, 1.807) is 0 Å². The second-order valence-electron chi connectivity index (χ2n) is 5.55. The van der Waals surface area contributed by atoms with Gasteiger partial charge in [0, 0.05) is 6.54 Å². The molecule has 0 unspecified atom stereocenters. The second kappa shape index (κ2) is 6.18. The summed E-state index contributed by atoms with van der Waals surface area (Å²) < 4.78 is 0. The van der Waals surface area contributed by atoms with Crippen LogP contribution in [0.25, 0.3) is 0 Å². The van der Waals surface area contributed by atoms with Crippen molar-refractivity contribution in [3.05, 3.63) is 0 Å². The Labute approximate surface area is 108 Å². The predicted molar refractivity (Wildman–Crippen MR) is 69.0 cm³/mol. The lowest BCUT2D eigenvalue weighted by Gasteiger charge is -2.41. The summed E-state index contributed by atoms with van der Waals surface area (Å²) in [6.07, 6.45) is 3.78. The highest BCUT2D eigenvalue weighted by atomic mass is 16.4. The first-order chi connectivity index (χ1) is 8.40. The van der Waals surface area contributed by atoms with Crippen molar-refractivity contribution in [3.63, 3.8) is 0 Å². The van der Waals surface area contributed by atoms with Gasteiger partial charge in [-0.1, -0.05) is 26.7 Å². The van der Waals surface area contributed by atoms with Crippen molar-refractivity contribution in [3.8, 4) is 0 Å². The molecule has 1 saturated carbocycles. The van der Waals surface area contributed by atoms with E-state index in [0.29, 0.717) is 6.54 Å². The van der Waals surface area contributed by atoms with Crippen molar-refractivity contribution in [2.75, 3.05) is 6.54 Å². The minimum Gasteiger partial charge on any atom is -0.481 e. The highest BCUT2D eigenvalue weighted by Gasteiger charge is 2.39. The maximum Gasteiger partial charge on any atom is 0.303 e. The number of carboxylic acids is 1. The summed E-state index contributed by atoms with van der Waals surface area (Å²) in [6.45, 7) is 4.37. The van der Waals surface area contributed by atoms with Gasteiger partial charge in [0.2, 0.25) is 5.91 Å². The Kier molecular flexibility index (Phi) is 5.14. The fourth-order valence-corrected chi connectivity index (χ4v) is 2.32. The predicted octanol–water partition coefficient (Wildman–Crippen LogP) is 1.12. The van der Waals surface area contributed by atoms with Crippen LogP contribution < -0.4 is 11.1 Å². The molecule has 0 saturated heterocycles. The number of aliphatic carboxylic acids is 1. The van der Waals surface area contributed by atoms with Crippen molar-refractivity contribution in [1.29, 1.82) is 0 Å². The number of nitrogens with two attached hydrogens (primary N) is 1. The Hall–Kier alpha value is -1.10. The van der Waals surface area contributed by atoms with E-state index in [9.17, 15) is 9.59 Å². The number of hydrogen-bond donors (Lipinski definition) is 3. The molecule has 0 bridgehead atoms. The van der Waals surface area contributed by atoms with Crippen molar-refractivity contribution >= 4 is 11.9 Å². The Morgan fingerprint density at radius 3 is 2.44 bits per heavy atom. The molecule has 1 fully saturated rings. The van der Waals surface area contributed by atoms with Gasteiger partial charge in [-0.3, -0.25) is 9.59 Å². The van der Waals surface area contributed by atoms with Gasteiger partial charge in [-0.2, -0.15) is 0 Å². The number of rotatable bonds is 7. The van der Waals surface area contributed by atoms with E-state index >= 15 is 0 Å². The molecule has 0 radical (unpaired) electrons. The van der Waals surface area contributed by atoms with Crippen molar-refractivity contribution in [1.82, 2.24) is 5.32 Å². The number of carbonyl (C=O) groups excluding carboxylic acids is 1. The molecule has 0 aromatic rings. The van der Waals surface area contributed by atoms with Gasteiger partial charge in [0.15, 0.2) is 0 Å². The zero-order valence-corrected chi connectivity index (χ0v) is 11.2. The molecule has 18 heavy (non-hydrogen) atoms. The fourth-order valence-electron chi connectivity index (χ4n) is 2.32. The van der Waals surface area contributed by atoms with Gasteiger partial charge < -0.3 is 16.2 Å². The number of carbonyl (C=O) groups is 2. The smallest absolute Gasteiger partial charge is 0.303 e. The molecule has 1 aliphatic carbocycles. The van der Waals surface area contributed by atoms with E-state index < -0.39 is 12.0 Å². The lowest BCUT2D eigenvalue weighted by Crippen LogP contribution is -2.50. The van der Waals surface area contributed by atoms with E-state index in [4.69, 9.17) is 10.8 Å². The molecule has 5 nitrogen and oxygen atoms in total. The fraction of sp³-hybridized carbons (Fsp3) is 0.846. The van der Waals surface area contributed by atoms with Gasteiger partial charge in [-0.25, -0.2) is 0 Å². The van der Waals surface area contributed by atoms with Crippen LogP contribution in [0.5, 0.6) is 0 Å². The zero-order valence-electron chi connectivity index (χ0n) is 11.2. The quantitative estimate of drug-likeness (QED) is 0.636. The standard InChI is InChI=1S/C13H24N2O3/c1-3-9(2)11(14)12(18)15-8-13(5-4-6-13)7-10(16)17/h9,11H,3-8,14H2,1-2H3,(H,15,18)(H,16,17)/t9-,11-/m0/s1. The molecule has 0 aromatic carbocycles. The van der Waals surface area contributed by atoms with Crippen LogP contribution >= 0.6 is 0 Å². The molecule has 1 amide bonds. The van der Waals surface area contributed by atoms with Crippen molar-refractivity contribution < 1.29 is 14.7 Å². The van der Waals surface area contributed by atoms with Gasteiger partial charge in [0.05, 0.1) is 12.5 Å². The Morgan fingerprint density at radius 1 is 1.44 bits per heavy atom. The molecular weight excluding hydrogens is 232 g/mol. The summed E-state index contributed by atoms with van der Waals surface area (Å²) in [5.74, 6) is -0.821. The third-order valence-corrected chi connectivity index (χ3v) is 4.14. The molecule has 1 aliphatic rings. The van der Waals surface area contributed by atoms with Crippen molar-refractivity contribution in [2.24, 2.45) is 17.1 Å². The maximum atomic E-state index is 11.8. The number of nitrogens with one attached hydrogen (secondary N) is 1. The first-order valence-corrected chi connectivity index (χ1v) is 6.65. The molecule has 5 heteroatoms. The Balaban J connectivity index is 2.43. The van der Waals surface area contributed by atoms with Gasteiger partial charge >= 0.3 is 5.97 Å². The maximum absolute atomic E-state index is 11.8. The van der Waals surface area contributed by atoms with Gasteiger partial charge in [0.1, 0.15) is 0 Å². The topological polar surface area (TPSA) is 92.4 Å². The van der Waals surface area contributed by atoms with Crippen LogP contribution in [0.2, 0.25) is 0 Å². The lowest BCUT2D eigenvalue weighted by molar-refractivity contribution is -0.142. The largest absolute Gasteiger partial charge is 0.481 e. The van der Waals surface area contributed by atoms with E-state index in [1.807, 2.05) is 13.8 Å². The van der Waals surface area contributed by atoms with Crippen LogP contribution in [0.4, 0.5) is 0 Å². The van der Waals surface area contributed by atoms with Crippen LogP contribution in [-0.4, -0.2) is 29.6 Å². The average molecular weight is 256 g/mol. The normalized spacial score (nSPS) is 20.6. The summed E-state index contributed by atoms with van der Waals surface area (Å²) in [5, 5.41) is 11.7. The molecule has 0 heterocycles. The van der Waals surface area contributed by atoms with Crippen molar-refractivity contribution in [2.45, 2.75) is 52.0 Å². The molecule has 104 valence electrons. The van der Waals surface area contributed by atoms with E-state index in [2.05, 4.69) is 5.32 Å². The summed E-state index contributed by atoms with van der Waals surface area (Å²) in [4.78, 5) is 22.6. The first kappa shape index (κ1) is 15.0. The van der Waals surface area contributed by atoms with Crippen LogP contribution in [0, 0.1) is 11.3 Å². The molecule has 2 atom stereocenters. The van der Waals surface area contributed by atoms with Crippen LogP contribution in [0.15, 0.2) is 0 Å². The third-order valence-electron chi connectivity index (χ3n) is 4.14. The van der Waals surface area contributed by atoms with E-state index in [1.165, 1.54) is 0 Å². The minimum absolute atomic E-state index is 0.131. The minimum atomic E-state index is -0.796. The Morgan fingerprint density at radius 2 is 2.06 bits per heavy atom. The third kappa shape index (κ3) is 3.70. The summed E-state index contributed by atoms with van der Waals surface area (Å²) in [6, 6.07) is -0.503. The molecule has 4 N–H and O–H groups in total.